The van der Waals surface area contributed by atoms with Crippen LogP contribution in [0.2, 0.25) is 0 Å². The number of aromatic amines is 1. The minimum atomic E-state index is -0.168. The quantitative estimate of drug-likeness (QED) is 0.718. The van der Waals surface area contributed by atoms with E-state index in [9.17, 15) is 4.79 Å². The van der Waals surface area contributed by atoms with Crippen molar-refractivity contribution in [1.29, 1.82) is 0 Å². The van der Waals surface area contributed by atoms with Crippen LogP contribution in [-0.4, -0.2) is 36.1 Å². The average molecular weight is 327 g/mol. The maximum atomic E-state index is 12.3. The summed E-state index contributed by atoms with van der Waals surface area (Å²) in [6.45, 7) is 6.61. The number of carbonyl (C=O) groups excluding carboxylic acids is 1. The summed E-state index contributed by atoms with van der Waals surface area (Å²) in [7, 11) is 0. The number of imidazole rings is 1. The Morgan fingerprint density at radius 1 is 1.38 bits per heavy atom. The first-order valence-electron chi connectivity index (χ1n) is 7.99. The van der Waals surface area contributed by atoms with Crippen LogP contribution in [0.3, 0.4) is 0 Å². The monoisotopic (exact) mass is 327 g/mol. The van der Waals surface area contributed by atoms with E-state index in [-0.39, 0.29) is 17.9 Å². The van der Waals surface area contributed by atoms with Crippen molar-refractivity contribution >= 4 is 16.9 Å². The molecule has 0 aliphatic carbocycles. The van der Waals surface area contributed by atoms with Crippen molar-refractivity contribution < 1.29 is 4.79 Å². The minimum Gasteiger partial charge on any atom is -0.346 e. The first-order valence-corrected chi connectivity index (χ1v) is 7.99. The van der Waals surface area contributed by atoms with Crippen molar-refractivity contribution in [2.24, 2.45) is 5.92 Å². The van der Waals surface area contributed by atoms with Crippen molar-refractivity contribution in [2.75, 3.05) is 0 Å². The molecule has 0 fully saturated rings. The van der Waals surface area contributed by atoms with Crippen LogP contribution in [0.1, 0.15) is 37.7 Å². The van der Waals surface area contributed by atoms with E-state index in [0.29, 0.717) is 13.0 Å². The lowest BCUT2D eigenvalue weighted by Gasteiger charge is -2.20. The van der Waals surface area contributed by atoms with Gasteiger partial charge in [-0.3, -0.25) is 4.79 Å². The highest BCUT2D eigenvalue weighted by Crippen LogP contribution is 2.23. The fourth-order valence-corrected chi connectivity index (χ4v) is 2.59. The Kier molecular flexibility index (Phi) is 4.54. The Balaban J connectivity index is 1.72. The predicted molar refractivity (Wildman–Crippen MR) is 89.0 cm³/mol. The molecule has 24 heavy (non-hydrogen) atoms. The van der Waals surface area contributed by atoms with Crippen LogP contribution in [0.4, 0.5) is 0 Å². The Bertz CT molecular complexity index is 822. The SMILES string of the molecule is Cc1ccc2nc([C@@H](NC(=O)CCn3cnnn3)C(C)C)[nH]c2c1. The van der Waals surface area contributed by atoms with Crippen molar-refractivity contribution in [3.63, 3.8) is 0 Å². The molecule has 2 heterocycles. The van der Waals surface area contributed by atoms with Gasteiger partial charge in [0.25, 0.3) is 0 Å². The fraction of sp³-hybridized carbons (Fsp3) is 0.438. The van der Waals surface area contributed by atoms with E-state index in [2.05, 4.69) is 50.7 Å². The van der Waals surface area contributed by atoms with Crippen molar-refractivity contribution in [3.05, 3.63) is 35.9 Å². The molecule has 8 nitrogen and oxygen atoms in total. The number of fused-ring (bicyclic) bond motifs is 1. The second-order valence-corrected chi connectivity index (χ2v) is 6.25. The number of aryl methyl sites for hydroxylation is 2. The van der Waals surface area contributed by atoms with E-state index in [0.717, 1.165) is 16.9 Å². The first kappa shape index (κ1) is 16.1. The molecule has 0 radical (unpaired) electrons. The molecule has 0 spiro atoms. The fourth-order valence-electron chi connectivity index (χ4n) is 2.59. The summed E-state index contributed by atoms with van der Waals surface area (Å²) in [5, 5.41) is 13.9. The normalized spacial score (nSPS) is 12.7. The number of nitrogens with zero attached hydrogens (tertiary/aromatic N) is 5. The van der Waals surface area contributed by atoms with Gasteiger partial charge in [0.1, 0.15) is 12.2 Å². The maximum Gasteiger partial charge on any atom is 0.222 e. The number of benzene rings is 1. The summed E-state index contributed by atoms with van der Waals surface area (Å²) in [5.41, 5.74) is 3.06. The van der Waals surface area contributed by atoms with Gasteiger partial charge in [-0.15, -0.1) is 5.10 Å². The molecule has 0 unspecified atom stereocenters. The Morgan fingerprint density at radius 2 is 2.21 bits per heavy atom. The van der Waals surface area contributed by atoms with E-state index >= 15 is 0 Å². The van der Waals surface area contributed by atoms with Crippen molar-refractivity contribution in [1.82, 2.24) is 35.5 Å². The molecule has 3 rings (SSSR count). The number of aromatic nitrogens is 6. The topological polar surface area (TPSA) is 101 Å². The molecule has 1 amide bonds. The summed E-state index contributed by atoms with van der Waals surface area (Å²) >= 11 is 0. The molecule has 0 saturated heterocycles. The van der Waals surface area contributed by atoms with Gasteiger partial charge in [-0.1, -0.05) is 19.9 Å². The van der Waals surface area contributed by atoms with Gasteiger partial charge in [0.15, 0.2) is 0 Å². The van der Waals surface area contributed by atoms with Gasteiger partial charge in [-0.05, 0) is 41.0 Å². The van der Waals surface area contributed by atoms with Gasteiger partial charge >= 0.3 is 0 Å². The van der Waals surface area contributed by atoms with E-state index in [1.54, 1.807) is 0 Å². The summed E-state index contributed by atoms with van der Waals surface area (Å²) in [4.78, 5) is 20.2. The maximum absolute atomic E-state index is 12.3. The van der Waals surface area contributed by atoms with Crippen LogP contribution < -0.4 is 5.32 Å². The highest BCUT2D eigenvalue weighted by Gasteiger charge is 2.21. The molecule has 0 saturated carbocycles. The third-order valence-corrected chi connectivity index (χ3v) is 3.89. The molecule has 1 aromatic carbocycles. The minimum absolute atomic E-state index is 0.0548. The lowest BCUT2D eigenvalue weighted by Crippen LogP contribution is -2.33. The number of nitrogens with one attached hydrogen (secondary N) is 2. The molecular formula is C16H21N7O. The number of carbonyl (C=O) groups is 1. The first-order chi connectivity index (χ1) is 11.5. The molecule has 0 bridgehead atoms. The third kappa shape index (κ3) is 3.58. The predicted octanol–water partition coefficient (Wildman–Crippen LogP) is 1.76. The lowest BCUT2D eigenvalue weighted by atomic mass is 10.0. The van der Waals surface area contributed by atoms with E-state index in [1.807, 2.05) is 19.1 Å². The second kappa shape index (κ2) is 6.77. The highest BCUT2D eigenvalue weighted by molar-refractivity contribution is 5.78. The zero-order chi connectivity index (χ0) is 17.1. The second-order valence-electron chi connectivity index (χ2n) is 6.25. The van der Waals surface area contributed by atoms with Gasteiger partial charge in [-0.2, -0.15) is 0 Å². The number of amides is 1. The summed E-state index contributed by atoms with van der Waals surface area (Å²) in [6, 6.07) is 5.91. The molecule has 3 aromatic rings. The van der Waals surface area contributed by atoms with Crippen LogP contribution in [0.15, 0.2) is 24.5 Å². The Morgan fingerprint density at radius 3 is 2.92 bits per heavy atom. The molecule has 8 heteroatoms. The van der Waals surface area contributed by atoms with Crippen molar-refractivity contribution in [2.45, 2.75) is 39.8 Å². The van der Waals surface area contributed by atoms with Gasteiger partial charge in [0.2, 0.25) is 5.91 Å². The Labute approximate surface area is 139 Å². The van der Waals surface area contributed by atoms with Crippen LogP contribution in [0.5, 0.6) is 0 Å². The standard InChI is InChI=1S/C16H21N7O/c1-10(2)15(20-14(24)6-7-23-9-17-21-22-23)16-18-12-5-4-11(3)8-13(12)19-16/h4-5,8-10,15H,6-7H2,1-3H3,(H,18,19)(H,20,24)/t15-/m0/s1. The van der Waals surface area contributed by atoms with E-state index in [1.165, 1.54) is 16.6 Å². The number of H-pyrrole nitrogens is 1. The molecule has 2 N–H and O–H groups in total. The summed E-state index contributed by atoms with van der Waals surface area (Å²) in [6.07, 6.45) is 1.81. The number of rotatable bonds is 6. The lowest BCUT2D eigenvalue weighted by molar-refractivity contribution is -0.122. The van der Waals surface area contributed by atoms with Gasteiger partial charge in [0.05, 0.1) is 23.6 Å². The van der Waals surface area contributed by atoms with Gasteiger partial charge in [0, 0.05) is 6.42 Å². The Hall–Kier alpha value is -2.77. The highest BCUT2D eigenvalue weighted by atomic mass is 16.1. The average Bonchev–Trinajstić information content (AvgIpc) is 3.18. The molecule has 126 valence electrons. The van der Waals surface area contributed by atoms with Crippen LogP contribution in [0.25, 0.3) is 11.0 Å². The number of hydrogen-bond donors (Lipinski definition) is 2. The van der Waals surface area contributed by atoms with Crippen LogP contribution in [-0.2, 0) is 11.3 Å². The summed E-state index contributed by atoms with van der Waals surface area (Å²) in [5.74, 6) is 0.936. The molecular weight excluding hydrogens is 306 g/mol. The largest absolute Gasteiger partial charge is 0.346 e. The van der Waals surface area contributed by atoms with Crippen molar-refractivity contribution in [3.8, 4) is 0 Å². The molecule has 1 atom stereocenters. The molecule has 0 aliphatic heterocycles. The number of hydrogen-bond acceptors (Lipinski definition) is 5. The number of tetrazole rings is 1. The zero-order valence-electron chi connectivity index (χ0n) is 14.0. The summed E-state index contributed by atoms with van der Waals surface area (Å²) < 4.78 is 1.54. The van der Waals surface area contributed by atoms with E-state index < -0.39 is 0 Å². The molecule has 0 aliphatic rings. The van der Waals surface area contributed by atoms with Crippen LogP contribution >= 0.6 is 0 Å². The molecule has 2 aromatic heterocycles. The third-order valence-electron chi connectivity index (χ3n) is 3.89. The van der Waals surface area contributed by atoms with Crippen LogP contribution in [0, 0.1) is 12.8 Å². The van der Waals surface area contributed by atoms with Gasteiger partial charge in [-0.25, -0.2) is 9.67 Å². The van der Waals surface area contributed by atoms with E-state index in [4.69, 9.17) is 0 Å². The van der Waals surface area contributed by atoms with Gasteiger partial charge < -0.3 is 10.3 Å². The zero-order valence-corrected chi connectivity index (χ0v) is 14.0. The smallest absolute Gasteiger partial charge is 0.222 e.